The minimum Gasteiger partial charge on any atom is -0.465 e. The van der Waals surface area contributed by atoms with E-state index in [9.17, 15) is 4.79 Å². The highest BCUT2D eigenvalue weighted by molar-refractivity contribution is 5.89. The van der Waals surface area contributed by atoms with Gasteiger partial charge in [-0.25, -0.2) is 24.7 Å². The van der Waals surface area contributed by atoms with Gasteiger partial charge in [0.05, 0.1) is 11.8 Å². The summed E-state index contributed by atoms with van der Waals surface area (Å²) in [6.45, 7) is 9.26. The number of pyridine rings is 2. The van der Waals surface area contributed by atoms with E-state index in [0.717, 1.165) is 28.7 Å². The van der Waals surface area contributed by atoms with E-state index in [2.05, 4.69) is 39.3 Å². The van der Waals surface area contributed by atoms with E-state index >= 15 is 0 Å². The molecule has 0 bridgehead atoms. The van der Waals surface area contributed by atoms with E-state index in [0.29, 0.717) is 43.8 Å². The van der Waals surface area contributed by atoms with Gasteiger partial charge in [0.25, 0.3) is 0 Å². The van der Waals surface area contributed by atoms with Gasteiger partial charge in [-0.15, -0.1) is 0 Å². The zero-order valence-corrected chi connectivity index (χ0v) is 20.5. The Morgan fingerprint density at radius 2 is 1.89 bits per heavy atom. The summed E-state index contributed by atoms with van der Waals surface area (Å²) >= 11 is 0. The van der Waals surface area contributed by atoms with E-state index in [4.69, 9.17) is 19.8 Å². The summed E-state index contributed by atoms with van der Waals surface area (Å²) in [5.41, 5.74) is 2.60. The van der Waals surface area contributed by atoms with Crippen LogP contribution in [0.4, 0.5) is 22.4 Å². The second-order valence-electron chi connectivity index (χ2n) is 8.93. The van der Waals surface area contributed by atoms with Gasteiger partial charge < -0.3 is 25.4 Å². The smallest absolute Gasteiger partial charge is 0.407 e. The first-order valence-corrected chi connectivity index (χ1v) is 11.7. The molecule has 1 saturated heterocycles. The van der Waals surface area contributed by atoms with Crippen LogP contribution in [0.15, 0.2) is 30.6 Å². The second kappa shape index (κ2) is 10.8. The molecule has 0 spiro atoms. The highest BCUT2D eigenvalue weighted by Crippen LogP contribution is 2.26. The first-order chi connectivity index (χ1) is 16.8. The predicted octanol–water partition coefficient (Wildman–Crippen LogP) is 3.49. The van der Waals surface area contributed by atoms with Crippen LogP contribution in [-0.2, 0) is 11.3 Å². The number of hydrogen-bond donors (Lipinski definition) is 3. The Labute approximate surface area is 204 Å². The van der Waals surface area contributed by atoms with Crippen molar-refractivity contribution in [3.05, 3.63) is 41.9 Å². The van der Waals surface area contributed by atoms with Crippen LogP contribution in [-0.4, -0.2) is 80.3 Å². The van der Waals surface area contributed by atoms with Crippen molar-refractivity contribution < 1.29 is 14.6 Å². The molecule has 3 N–H and O–H groups in total. The molecule has 0 saturated carbocycles. The Hall–Kier alpha value is -3.57. The summed E-state index contributed by atoms with van der Waals surface area (Å²) in [4.78, 5) is 33.1. The van der Waals surface area contributed by atoms with E-state index in [1.54, 1.807) is 13.3 Å². The van der Waals surface area contributed by atoms with Crippen molar-refractivity contribution in [3.8, 4) is 0 Å². The number of rotatable bonds is 8. The zero-order chi connectivity index (χ0) is 24.9. The lowest BCUT2D eigenvalue weighted by atomic mass is 10.2. The average molecular weight is 481 g/mol. The van der Waals surface area contributed by atoms with Crippen LogP contribution in [0, 0.1) is 0 Å². The van der Waals surface area contributed by atoms with Gasteiger partial charge in [-0.3, -0.25) is 4.90 Å². The Morgan fingerprint density at radius 1 is 1.11 bits per heavy atom. The van der Waals surface area contributed by atoms with Crippen LogP contribution in [0.2, 0.25) is 0 Å². The minimum absolute atomic E-state index is 0.145. The van der Waals surface area contributed by atoms with Crippen LogP contribution in [0.25, 0.3) is 10.9 Å². The molecule has 35 heavy (non-hydrogen) atoms. The van der Waals surface area contributed by atoms with Crippen LogP contribution in [0.3, 0.4) is 0 Å². The first-order valence-electron chi connectivity index (χ1n) is 11.7. The Morgan fingerprint density at radius 3 is 2.51 bits per heavy atom. The third-order valence-corrected chi connectivity index (χ3v) is 5.89. The number of ether oxygens (including phenoxy) is 1. The summed E-state index contributed by atoms with van der Waals surface area (Å²) in [6, 6.07) is 6.03. The van der Waals surface area contributed by atoms with Crippen LogP contribution >= 0.6 is 0 Å². The molecule has 1 aliphatic heterocycles. The lowest BCUT2D eigenvalue weighted by Crippen LogP contribution is -2.47. The van der Waals surface area contributed by atoms with E-state index in [1.807, 2.05) is 31.3 Å². The van der Waals surface area contributed by atoms with Crippen molar-refractivity contribution in [1.82, 2.24) is 29.7 Å². The molecule has 1 unspecified atom stereocenters. The Balaban J connectivity index is 1.46. The van der Waals surface area contributed by atoms with Crippen molar-refractivity contribution in [1.29, 1.82) is 0 Å². The lowest BCUT2D eigenvalue weighted by Gasteiger charge is -2.32. The van der Waals surface area contributed by atoms with Crippen molar-refractivity contribution in [2.45, 2.75) is 39.5 Å². The maximum Gasteiger partial charge on any atom is 0.407 e. The molecule has 3 aromatic heterocycles. The number of nitrogens with zero attached hydrogens (tertiary/aromatic N) is 6. The molecule has 0 radical (unpaired) electrons. The van der Waals surface area contributed by atoms with Gasteiger partial charge in [0, 0.05) is 63.7 Å². The normalized spacial score (nSPS) is 15.4. The topological polar surface area (TPSA) is 129 Å². The van der Waals surface area contributed by atoms with Crippen molar-refractivity contribution >= 4 is 34.6 Å². The van der Waals surface area contributed by atoms with Crippen LogP contribution in [0.1, 0.15) is 38.1 Å². The number of fused-ring (bicyclic) bond motifs is 1. The highest BCUT2D eigenvalue weighted by atomic mass is 16.5. The molecule has 1 atom stereocenters. The number of amides is 1. The molecule has 4 rings (SSSR count). The number of carboxylic acid groups (broad SMARTS) is 1. The fourth-order valence-electron chi connectivity index (χ4n) is 3.89. The predicted molar refractivity (Wildman–Crippen MR) is 134 cm³/mol. The lowest BCUT2D eigenvalue weighted by molar-refractivity contribution is 0.103. The third-order valence-electron chi connectivity index (χ3n) is 5.89. The fraction of sp³-hybridized carbons (Fsp3) is 0.458. The Bertz CT molecular complexity index is 1160. The summed E-state index contributed by atoms with van der Waals surface area (Å²) in [7, 11) is 1.66. The molecule has 0 aromatic carbocycles. The molecule has 11 nitrogen and oxygen atoms in total. The number of aromatic nitrogens is 4. The zero-order valence-electron chi connectivity index (χ0n) is 20.5. The van der Waals surface area contributed by atoms with Gasteiger partial charge in [0.1, 0.15) is 11.3 Å². The molecule has 11 heteroatoms. The number of methoxy groups -OCH3 is 1. The average Bonchev–Trinajstić information content (AvgIpc) is 2.85. The van der Waals surface area contributed by atoms with Crippen LogP contribution in [0.5, 0.6) is 0 Å². The molecular weight excluding hydrogens is 448 g/mol. The Kier molecular flexibility index (Phi) is 7.57. The molecule has 1 amide bonds. The standard InChI is InChI=1S/C24H32N8O3/c1-15(2)27-22-21-18(11-19(28-22)16(3)35-4)13-26-23(30-21)29-20-6-5-17(12-25-20)14-31-7-9-32(10-8-31)24(33)34/h5-6,11-13,15-16H,7-10,14H2,1-4H3,(H,27,28)(H,33,34)(H,25,26,29,30). The number of carbonyl (C=O) groups is 1. The first kappa shape index (κ1) is 24.6. The van der Waals surface area contributed by atoms with Crippen molar-refractivity contribution in [2.24, 2.45) is 0 Å². The van der Waals surface area contributed by atoms with Gasteiger partial charge >= 0.3 is 6.09 Å². The number of nitrogens with one attached hydrogen (secondary N) is 2. The molecule has 0 aliphatic carbocycles. The van der Waals surface area contributed by atoms with Gasteiger partial charge in [0.15, 0.2) is 5.82 Å². The van der Waals surface area contributed by atoms with E-state index < -0.39 is 6.09 Å². The minimum atomic E-state index is -0.856. The SMILES string of the molecule is COC(C)c1cc2cnc(Nc3ccc(CN4CCN(C(=O)O)CC4)cn3)nc2c(NC(C)C)n1. The van der Waals surface area contributed by atoms with Crippen molar-refractivity contribution in [3.63, 3.8) is 0 Å². The van der Waals surface area contributed by atoms with E-state index in [1.165, 1.54) is 4.90 Å². The number of hydrogen-bond acceptors (Lipinski definition) is 9. The molecular formula is C24H32N8O3. The maximum atomic E-state index is 11.1. The van der Waals surface area contributed by atoms with Crippen LogP contribution < -0.4 is 10.6 Å². The second-order valence-corrected chi connectivity index (χ2v) is 8.93. The van der Waals surface area contributed by atoms with E-state index in [-0.39, 0.29) is 12.1 Å². The monoisotopic (exact) mass is 480 g/mol. The maximum absolute atomic E-state index is 11.1. The quantitative estimate of drug-likeness (QED) is 0.441. The summed E-state index contributed by atoms with van der Waals surface area (Å²) in [5, 5.41) is 16.5. The summed E-state index contributed by atoms with van der Waals surface area (Å²) in [5.74, 6) is 1.76. The largest absolute Gasteiger partial charge is 0.465 e. The fourth-order valence-corrected chi connectivity index (χ4v) is 3.89. The molecule has 186 valence electrons. The molecule has 3 aromatic rings. The summed E-state index contributed by atoms with van der Waals surface area (Å²) < 4.78 is 5.44. The highest BCUT2D eigenvalue weighted by Gasteiger charge is 2.20. The van der Waals surface area contributed by atoms with Gasteiger partial charge in [0.2, 0.25) is 5.95 Å². The molecule has 1 aliphatic rings. The van der Waals surface area contributed by atoms with Gasteiger partial charge in [-0.1, -0.05) is 6.07 Å². The molecule has 1 fully saturated rings. The van der Waals surface area contributed by atoms with Crippen molar-refractivity contribution in [2.75, 3.05) is 43.9 Å². The number of anilines is 3. The summed E-state index contributed by atoms with van der Waals surface area (Å²) in [6.07, 6.45) is 2.59. The van der Waals surface area contributed by atoms with Gasteiger partial charge in [-0.2, -0.15) is 0 Å². The molecule has 4 heterocycles. The third kappa shape index (κ3) is 6.11. The number of piperazine rings is 1. The van der Waals surface area contributed by atoms with Gasteiger partial charge in [-0.05, 0) is 38.5 Å².